The minimum Gasteiger partial charge on any atom is -0.444 e. The van der Waals surface area contributed by atoms with E-state index < -0.39 is 5.60 Å². The standard InChI is InChI=1S/C23H31N5O2S/c1-23(2,3)30-22(29)28(4)16-8-6-15(7-9-16)27-20-19-18-14(11-12-24)5-10-17(18)31-21(19)26-13-25-20/h13-16H,5-11H2,1-4H3,(H,25,26,27). The minimum absolute atomic E-state index is 0.198. The lowest BCUT2D eigenvalue weighted by Gasteiger charge is -2.36. The molecule has 2 aliphatic rings. The first-order valence-electron chi connectivity index (χ1n) is 11.1. The van der Waals surface area contributed by atoms with E-state index in [4.69, 9.17) is 4.74 Å². The summed E-state index contributed by atoms with van der Waals surface area (Å²) in [6, 6.07) is 2.86. The molecule has 0 aliphatic heterocycles. The van der Waals surface area contributed by atoms with Gasteiger partial charge in [-0.1, -0.05) is 0 Å². The molecule has 0 spiro atoms. The van der Waals surface area contributed by atoms with Crippen LogP contribution in [0.3, 0.4) is 0 Å². The fourth-order valence-electron chi connectivity index (χ4n) is 4.78. The van der Waals surface area contributed by atoms with Gasteiger partial charge in [-0.25, -0.2) is 14.8 Å². The summed E-state index contributed by atoms with van der Waals surface area (Å²) in [4.78, 5) is 25.6. The molecule has 0 saturated heterocycles. The molecule has 8 heteroatoms. The van der Waals surface area contributed by atoms with Crippen molar-refractivity contribution in [3.8, 4) is 6.07 Å². The molecule has 1 fully saturated rings. The average Bonchev–Trinajstić information content (AvgIpc) is 3.27. The quantitative estimate of drug-likeness (QED) is 0.699. The number of aromatic nitrogens is 2. The van der Waals surface area contributed by atoms with Gasteiger partial charge in [0.05, 0.1) is 11.5 Å². The Labute approximate surface area is 187 Å². The number of ether oxygens (including phenoxy) is 1. The van der Waals surface area contributed by atoms with Gasteiger partial charge in [0.15, 0.2) is 0 Å². The summed E-state index contributed by atoms with van der Waals surface area (Å²) in [6.07, 6.45) is 7.81. The normalized spacial score (nSPS) is 23.3. The van der Waals surface area contributed by atoms with Crippen LogP contribution in [0.2, 0.25) is 0 Å². The molecule has 1 amide bonds. The third-order valence-corrected chi connectivity index (χ3v) is 7.51. The van der Waals surface area contributed by atoms with Gasteiger partial charge in [-0.15, -0.1) is 11.3 Å². The van der Waals surface area contributed by atoms with Crippen LogP contribution in [0.25, 0.3) is 10.2 Å². The lowest BCUT2D eigenvalue weighted by atomic mass is 9.90. The Morgan fingerprint density at radius 2 is 2.03 bits per heavy atom. The number of hydrogen-bond donors (Lipinski definition) is 1. The maximum atomic E-state index is 12.4. The van der Waals surface area contributed by atoms with Gasteiger partial charge in [-0.2, -0.15) is 5.26 Å². The van der Waals surface area contributed by atoms with Crippen molar-refractivity contribution in [2.24, 2.45) is 0 Å². The molecule has 2 heterocycles. The number of aryl methyl sites for hydroxylation is 1. The van der Waals surface area contributed by atoms with Gasteiger partial charge in [0.25, 0.3) is 0 Å². The minimum atomic E-state index is -0.479. The Balaban J connectivity index is 1.44. The van der Waals surface area contributed by atoms with Crippen molar-refractivity contribution in [3.05, 3.63) is 16.8 Å². The molecule has 4 rings (SSSR count). The molecule has 1 saturated carbocycles. The number of thiophene rings is 1. The Hall–Kier alpha value is -2.40. The number of nitrogens with zero attached hydrogens (tertiary/aromatic N) is 4. The number of nitrogens with one attached hydrogen (secondary N) is 1. The molecule has 2 aromatic heterocycles. The monoisotopic (exact) mass is 441 g/mol. The summed E-state index contributed by atoms with van der Waals surface area (Å²) in [6.45, 7) is 5.68. The topological polar surface area (TPSA) is 91.1 Å². The smallest absolute Gasteiger partial charge is 0.410 e. The average molecular weight is 442 g/mol. The highest BCUT2D eigenvalue weighted by atomic mass is 32.1. The number of amides is 1. The SMILES string of the molecule is CN(C(=O)OC(C)(C)C)C1CCC(Nc2ncnc3sc4c(c23)C(CC#N)CC4)CC1. The Kier molecular flexibility index (Phi) is 6.07. The molecule has 2 aliphatic carbocycles. The molecular weight excluding hydrogens is 410 g/mol. The third-order valence-electron chi connectivity index (χ3n) is 6.33. The summed E-state index contributed by atoms with van der Waals surface area (Å²) in [5.74, 6) is 1.19. The molecule has 1 atom stereocenters. The number of carbonyl (C=O) groups excluding carboxylic acids is 1. The van der Waals surface area contributed by atoms with E-state index in [2.05, 4.69) is 21.4 Å². The molecule has 2 aromatic rings. The van der Waals surface area contributed by atoms with Crippen LogP contribution in [0.15, 0.2) is 6.33 Å². The fourth-order valence-corrected chi connectivity index (χ4v) is 6.02. The number of carbonyl (C=O) groups is 1. The first kappa shape index (κ1) is 21.8. The van der Waals surface area contributed by atoms with Gasteiger partial charge in [-0.3, -0.25) is 0 Å². The zero-order valence-corrected chi connectivity index (χ0v) is 19.6. The van der Waals surface area contributed by atoms with E-state index in [1.165, 1.54) is 10.4 Å². The first-order valence-corrected chi connectivity index (χ1v) is 11.9. The number of rotatable bonds is 4. The van der Waals surface area contributed by atoms with Crippen LogP contribution in [0.5, 0.6) is 0 Å². The molecular formula is C23H31N5O2S. The molecule has 0 radical (unpaired) electrons. The van der Waals surface area contributed by atoms with E-state index >= 15 is 0 Å². The summed E-state index contributed by atoms with van der Waals surface area (Å²) >= 11 is 1.75. The predicted molar refractivity (Wildman–Crippen MR) is 122 cm³/mol. The number of nitriles is 1. The summed E-state index contributed by atoms with van der Waals surface area (Å²) in [5.41, 5.74) is 0.815. The summed E-state index contributed by atoms with van der Waals surface area (Å²) in [5, 5.41) is 14.0. The van der Waals surface area contributed by atoms with Gasteiger partial charge in [0, 0.05) is 30.4 Å². The van der Waals surface area contributed by atoms with Gasteiger partial charge in [0.1, 0.15) is 22.6 Å². The number of anilines is 1. The van der Waals surface area contributed by atoms with Gasteiger partial charge >= 0.3 is 6.09 Å². The highest BCUT2D eigenvalue weighted by Crippen LogP contribution is 2.46. The van der Waals surface area contributed by atoms with Crippen LogP contribution in [-0.2, 0) is 11.2 Å². The second kappa shape index (κ2) is 8.62. The molecule has 0 bridgehead atoms. The van der Waals surface area contributed by atoms with E-state index in [0.29, 0.717) is 18.4 Å². The van der Waals surface area contributed by atoms with Crippen molar-refractivity contribution < 1.29 is 9.53 Å². The molecule has 166 valence electrons. The summed E-state index contributed by atoms with van der Waals surface area (Å²) < 4.78 is 5.52. The van der Waals surface area contributed by atoms with Gasteiger partial charge in [-0.05, 0) is 70.8 Å². The number of hydrogen-bond acceptors (Lipinski definition) is 7. The summed E-state index contributed by atoms with van der Waals surface area (Å²) in [7, 11) is 1.84. The van der Waals surface area contributed by atoms with Crippen LogP contribution in [0.4, 0.5) is 10.6 Å². The Morgan fingerprint density at radius 3 is 2.71 bits per heavy atom. The van der Waals surface area contributed by atoms with E-state index in [-0.39, 0.29) is 12.1 Å². The number of fused-ring (bicyclic) bond motifs is 3. The largest absolute Gasteiger partial charge is 0.444 e. The second-order valence-corrected chi connectivity index (χ2v) is 10.8. The van der Waals surface area contributed by atoms with Gasteiger partial charge in [0.2, 0.25) is 0 Å². The molecule has 1 N–H and O–H groups in total. The van der Waals surface area contributed by atoms with Crippen molar-refractivity contribution in [2.45, 2.75) is 89.3 Å². The van der Waals surface area contributed by atoms with E-state index in [0.717, 1.165) is 54.6 Å². The highest BCUT2D eigenvalue weighted by molar-refractivity contribution is 7.19. The van der Waals surface area contributed by atoms with Crippen molar-refractivity contribution >= 4 is 33.5 Å². The molecule has 1 unspecified atom stereocenters. The zero-order valence-electron chi connectivity index (χ0n) is 18.8. The van der Waals surface area contributed by atoms with Crippen LogP contribution in [0, 0.1) is 11.3 Å². The lowest BCUT2D eigenvalue weighted by molar-refractivity contribution is 0.0185. The first-order chi connectivity index (χ1) is 14.8. The van der Waals surface area contributed by atoms with Crippen LogP contribution >= 0.6 is 11.3 Å². The van der Waals surface area contributed by atoms with Crippen LogP contribution in [0.1, 0.15) is 75.7 Å². The van der Waals surface area contributed by atoms with E-state index in [1.54, 1.807) is 22.6 Å². The third kappa shape index (κ3) is 4.62. The van der Waals surface area contributed by atoms with Crippen molar-refractivity contribution in [3.63, 3.8) is 0 Å². The molecule has 31 heavy (non-hydrogen) atoms. The fraction of sp³-hybridized carbons (Fsp3) is 0.652. The van der Waals surface area contributed by atoms with E-state index in [1.807, 2.05) is 27.8 Å². The van der Waals surface area contributed by atoms with Crippen molar-refractivity contribution in [1.29, 1.82) is 5.26 Å². The molecule has 0 aromatic carbocycles. The maximum absolute atomic E-state index is 12.4. The van der Waals surface area contributed by atoms with E-state index in [9.17, 15) is 10.1 Å². The second-order valence-electron chi connectivity index (χ2n) is 9.68. The Bertz CT molecular complexity index is 998. The van der Waals surface area contributed by atoms with Gasteiger partial charge < -0.3 is 15.0 Å². The Morgan fingerprint density at radius 1 is 1.29 bits per heavy atom. The van der Waals surface area contributed by atoms with Crippen molar-refractivity contribution in [1.82, 2.24) is 14.9 Å². The van der Waals surface area contributed by atoms with Crippen molar-refractivity contribution in [2.75, 3.05) is 12.4 Å². The molecule has 7 nitrogen and oxygen atoms in total. The van der Waals surface area contributed by atoms with Crippen LogP contribution in [-0.4, -0.2) is 45.7 Å². The maximum Gasteiger partial charge on any atom is 0.410 e. The predicted octanol–water partition coefficient (Wildman–Crippen LogP) is 5.22. The zero-order chi connectivity index (χ0) is 22.2. The highest BCUT2D eigenvalue weighted by Gasteiger charge is 2.32. The lowest BCUT2D eigenvalue weighted by Crippen LogP contribution is -2.43. The van der Waals surface area contributed by atoms with Crippen LogP contribution < -0.4 is 5.32 Å².